The predicted molar refractivity (Wildman–Crippen MR) is 51.2 cm³/mol. The number of methoxy groups -OCH3 is 1. The minimum atomic E-state index is -3.06. The molecule has 1 radical (unpaired) electrons. The average Bonchev–Trinajstić information content (AvgIpc) is 2.03. The summed E-state index contributed by atoms with van der Waals surface area (Å²) in [6, 6.07) is 6.83. The molecule has 0 N–H and O–H groups in total. The minimum absolute atomic E-state index is 0.656. The third-order valence-corrected chi connectivity index (χ3v) is 2.17. The van der Waals surface area contributed by atoms with Crippen LogP contribution in [0.1, 0.15) is 5.56 Å². The van der Waals surface area contributed by atoms with Crippen LogP contribution >= 0.6 is 0 Å². The lowest BCUT2D eigenvalue weighted by atomic mass is 10.2. The summed E-state index contributed by atoms with van der Waals surface area (Å²) < 4.78 is 26.7. The summed E-state index contributed by atoms with van der Waals surface area (Å²) in [4.78, 5) is 0. The van der Waals surface area contributed by atoms with Crippen molar-refractivity contribution < 1.29 is 13.2 Å². The molecule has 0 bridgehead atoms. The van der Waals surface area contributed by atoms with Crippen molar-refractivity contribution in [3.8, 4) is 5.75 Å². The van der Waals surface area contributed by atoms with Crippen molar-refractivity contribution in [1.29, 1.82) is 0 Å². The standard InChI is InChI=1S/C9H11O3S/c1-12-9-5-3-8(4-6-9)7-13(2,10)11/h3-7H,1-2H3. The maximum Gasteiger partial charge on any atom is 0.156 e. The van der Waals surface area contributed by atoms with Crippen LogP contribution in [0.2, 0.25) is 0 Å². The van der Waals surface area contributed by atoms with Gasteiger partial charge in [0.2, 0.25) is 0 Å². The van der Waals surface area contributed by atoms with Crippen LogP contribution < -0.4 is 4.74 Å². The summed E-state index contributed by atoms with van der Waals surface area (Å²) in [7, 11) is -1.50. The molecule has 0 aromatic heterocycles. The third-order valence-electron chi connectivity index (χ3n) is 1.47. The third kappa shape index (κ3) is 3.46. The molecule has 71 valence electrons. The molecule has 0 saturated carbocycles. The summed E-state index contributed by atoms with van der Waals surface area (Å²) in [5, 5.41) is 0. The number of hydrogen-bond donors (Lipinski definition) is 0. The molecule has 0 fully saturated rings. The molecule has 1 aromatic carbocycles. The Labute approximate surface area is 78.3 Å². The molecule has 0 amide bonds. The highest BCUT2D eigenvalue weighted by Gasteiger charge is 2.04. The Morgan fingerprint density at radius 1 is 1.23 bits per heavy atom. The van der Waals surface area contributed by atoms with E-state index in [4.69, 9.17) is 4.74 Å². The first-order chi connectivity index (χ1) is 6.01. The Balaban J connectivity index is 2.81. The fourth-order valence-corrected chi connectivity index (χ4v) is 1.58. The van der Waals surface area contributed by atoms with Crippen molar-refractivity contribution in [2.75, 3.05) is 13.4 Å². The van der Waals surface area contributed by atoms with Gasteiger partial charge in [-0.15, -0.1) is 0 Å². The van der Waals surface area contributed by atoms with Crippen molar-refractivity contribution in [2.45, 2.75) is 0 Å². The van der Waals surface area contributed by atoms with Crippen LogP contribution in [0.3, 0.4) is 0 Å². The molecule has 0 aliphatic carbocycles. The minimum Gasteiger partial charge on any atom is -0.497 e. The predicted octanol–water partition coefficient (Wildman–Crippen LogP) is 1.25. The molecule has 0 heterocycles. The van der Waals surface area contributed by atoms with Gasteiger partial charge in [-0.3, -0.25) is 0 Å². The monoisotopic (exact) mass is 199 g/mol. The van der Waals surface area contributed by atoms with E-state index in [0.29, 0.717) is 11.3 Å². The first-order valence-electron chi connectivity index (χ1n) is 3.70. The van der Waals surface area contributed by atoms with E-state index in [1.165, 1.54) is 5.75 Å². The molecule has 0 spiro atoms. The Morgan fingerprint density at radius 2 is 1.77 bits per heavy atom. The summed E-state index contributed by atoms with van der Waals surface area (Å²) >= 11 is 0. The van der Waals surface area contributed by atoms with Crippen molar-refractivity contribution in [3.05, 3.63) is 35.6 Å². The van der Waals surface area contributed by atoms with Gasteiger partial charge in [0, 0.05) is 6.26 Å². The highest BCUT2D eigenvalue weighted by atomic mass is 32.2. The second-order valence-corrected chi connectivity index (χ2v) is 4.62. The highest BCUT2D eigenvalue weighted by Crippen LogP contribution is 2.13. The highest BCUT2D eigenvalue weighted by molar-refractivity contribution is 7.92. The number of hydrogen-bond acceptors (Lipinski definition) is 3. The van der Waals surface area contributed by atoms with E-state index in [1.807, 2.05) is 0 Å². The molecule has 0 aliphatic rings. The Bertz CT molecular complexity index is 364. The van der Waals surface area contributed by atoms with Gasteiger partial charge >= 0.3 is 0 Å². The van der Waals surface area contributed by atoms with Gasteiger partial charge in [0.25, 0.3) is 0 Å². The lowest BCUT2D eigenvalue weighted by Gasteiger charge is -2.01. The molecular formula is C9H11O3S. The SMILES string of the molecule is COc1ccc([CH]S(C)(=O)=O)cc1. The van der Waals surface area contributed by atoms with Crippen molar-refractivity contribution >= 4 is 9.84 Å². The normalized spacial score (nSPS) is 11.2. The second kappa shape index (κ2) is 3.79. The number of sulfone groups is 1. The van der Waals surface area contributed by atoms with Gasteiger partial charge in [0.05, 0.1) is 7.11 Å². The molecule has 4 heteroatoms. The molecule has 3 nitrogen and oxygen atoms in total. The fourth-order valence-electron chi connectivity index (χ4n) is 0.930. The van der Waals surface area contributed by atoms with Gasteiger partial charge < -0.3 is 4.74 Å². The van der Waals surface area contributed by atoms with Gasteiger partial charge in [0.15, 0.2) is 9.84 Å². The van der Waals surface area contributed by atoms with Crippen LogP contribution in [0.15, 0.2) is 24.3 Å². The van der Waals surface area contributed by atoms with Crippen molar-refractivity contribution in [1.82, 2.24) is 0 Å². The zero-order chi connectivity index (χ0) is 9.90. The molecule has 13 heavy (non-hydrogen) atoms. The lowest BCUT2D eigenvalue weighted by molar-refractivity contribution is 0.414. The Hall–Kier alpha value is -1.03. The zero-order valence-electron chi connectivity index (χ0n) is 7.52. The molecule has 1 rings (SSSR count). The van der Waals surface area contributed by atoms with E-state index in [9.17, 15) is 8.42 Å². The van der Waals surface area contributed by atoms with Gasteiger partial charge in [0.1, 0.15) is 11.5 Å². The maximum absolute atomic E-state index is 10.9. The first kappa shape index (κ1) is 10.1. The van der Waals surface area contributed by atoms with Crippen LogP contribution in [0.25, 0.3) is 0 Å². The van der Waals surface area contributed by atoms with E-state index >= 15 is 0 Å². The number of rotatable bonds is 3. The van der Waals surface area contributed by atoms with Crippen LogP contribution in [0.5, 0.6) is 5.75 Å². The molecule has 0 atom stereocenters. The van der Waals surface area contributed by atoms with E-state index < -0.39 is 9.84 Å². The van der Waals surface area contributed by atoms with E-state index in [2.05, 4.69) is 0 Å². The van der Waals surface area contributed by atoms with Crippen LogP contribution in [0, 0.1) is 5.75 Å². The topological polar surface area (TPSA) is 43.4 Å². The summed E-state index contributed by atoms with van der Waals surface area (Å²) in [5.41, 5.74) is 0.656. The van der Waals surface area contributed by atoms with Gasteiger partial charge in [-0.2, -0.15) is 0 Å². The summed E-state index contributed by atoms with van der Waals surface area (Å²) in [6.45, 7) is 0. The second-order valence-electron chi connectivity index (χ2n) is 2.72. The van der Waals surface area contributed by atoms with E-state index in [-0.39, 0.29) is 0 Å². The van der Waals surface area contributed by atoms with Crippen LogP contribution in [0.4, 0.5) is 0 Å². The molecule has 0 saturated heterocycles. The largest absolute Gasteiger partial charge is 0.497 e. The first-order valence-corrected chi connectivity index (χ1v) is 5.65. The Kier molecular flexibility index (Phi) is 2.93. The van der Waals surface area contributed by atoms with Crippen molar-refractivity contribution in [2.24, 2.45) is 0 Å². The quantitative estimate of drug-likeness (QED) is 0.735. The summed E-state index contributed by atoms with van der Waals surface area (Å²) in [5.74, 6) is 1.93. The molecule has 1 aromatic rings. The molecule has 0 aliphatic heterocycles. The zero-order valence-corrected chi connectivity index (χ0v) is 8.34. The number of ether oxygens (including phenoxy) is 1. The average molecular weight is 199 g/mol. The Morgan fingerprint density at radius 3 is 2.15 bits per heavy atom. The number of benzene rings is 1. The lowest BCUT2D eigenvalue weighted by Crippen LogP contribution is -1.97. The smallest absolute Gasteiger partial charge is 0.156 e. The van der Waals surface area contributed by atoms with E-state index in [1.54, 1.807) is 31.4 Å². The molecular weight excluding hydrogens is 188 g/mol. The van der Waals surface area contributed by atoms with Crippen LogP contribution in [-0.2, 0) is 9.84 Å². The fraction of sp³-hybridized carbons (Fsp3) is 0.222. The molecule has 0 unspecified atom stereocenters. The van der Waals surface area contributed by atoms with Crippen molar-refractivity contribution in [3.63, 3.8) is 0 Å². The van der Waals surface area contributed by atoms with Gasteiger partial charge in [-0.05, 0) is 17.7 Å². The van der Waals surface area contributed by atoms with Crippen LogP contribution in [-0.4, -0.2) is 21.8 Å². The van der Waals surface area contributed by atoms with Gasteiger partial charge in [-0.25, -0.2) is 8.42 Å². The van der Waals surface area contributed by atoms with E-state index in [0.717, 1.165) is 6.26 Å². The summed E-state index contributed by atoms with van der Waals surface area (Å²) in [6.07, 6.45) is 1.16. The van der Waals surface area contributed by atoms with Gasteiger partial charge in [-0.1, -0.05) is 12.1 Å². The maximum atomic E-state index is 10.9.